The highest BCUT2D eigenvalue weighted by Gasteiger charge is 2.29. The topological polar surface area (TPSA) is 95.3 Å². The first-order valence-electron chi connectivity index (χ1n) is 6.40. The zero-order chi connectivity index (χ0) is 14.6. The van der Waals surface area contributed by atoms with Crippen LogP contribution in [0.4, 0.5) is 0 Å². The van der Waals surface area contributed by atoms with E-state index >= 15 is 0 Å². The van der Waals surface area contributed by atoms with Gasteiger partial charge in [-0.1, -0.05) is 19.1 Å². The zero-order valence-electron chi connectivity index (χ0n) is 11.2. The fourth-order valence-corrected chi connectivity index (χ4v) is 1.81. The normalized spacial score (nSPS) is 11.6. The molecule has 0 unspecified atom stereocenters. The third-order valence-corrected chi connectivity index (χ3v) is 3.34. The van der Waals surface area contributed by atoms with Gasteiger partial charge < -0.3 is 15.5 Å². The van der Waals surface area contributed by atoms with Crippen LogP contribution in [0.3, 0.4) is 0 Å². The Hall–Kier alpha value is -2.05. The van der Waals surface area contributed by atoms with Crippen molar-refractivity contribution in [2.45, 2.75) is 18.9 Å². The first kappa shape index (κ1) is 14.4. The molecule has 2 rings (SSSR count). The second-order valence-corrected chi connectivity index (χ2v) is 4.65. The number of hydrogen-bond donors (Lipinski definition) is 3. The SMILES string of the molecule is CCC(CO)(CO)NC(=O)c1cnc2ccccc2n1. The summed E-state index contributed by atoms with van der Waals surface area (Å²) in [6, 6.07) is 7.24. The first-order valence-corrected chi connectivity index (χ1v) is 6.40. The number of nitrogens with one attached hydrogen (secondary N) is 1. The Bertz CT molecular complexity index is 603. The molecule has 0 aliphatic rings. The number of hydrogen-bond acceptors (Lipinski definition) is 5. The van der Waals surface area contributed by atoms with Gasteiger partial charge in [-0.15, -0.1) is 0 Å². The van der Waals surface area contributed by atoms with Gasteiger partial charge in [-0.05, 0) is 18.6 Å². The largest absolute Gasteiger partial charge is 0.394 e. The van der Waals surface area contributed by atoms with E-state index in [-0.39, 0.29) is 18.9 Å². The summed E-state index contributed by atoms with van der Waals surface area (Å²) in [4.78, 5) is 20.5. The van der Waals surface area contributed by atoms with Crippen molar-refractivity contribution in [3.8, 4) is 0 Å². The first-order chi connectivity index (χ1) is 9.64. The number of rotatable bonds is 5. The third kappa shape index (κ3) is 2.76. The summed E-state index contributed by atoms with van der Waals surface area (Å²) in [5.74, 6) is -0.465. The van der Waals surface area contributed by atoms with Gasteiger partial charge in [-0.25, -0.2) is 4.98 Å². The second kappa shape index (κ2) is 5.94. The van der Waals surface area contributed by atoms with E-state index in [1.807, 2.05) is 18.2 Å². The molecule has 1 heterocycles. The van der Waals surface area contributed by atoms with Crippen molar-refractivity contribution in [2.24, 2.45) is 0 Å². The van der Waals surface area contributed by atoms with E-state index in [2.05, 4.69) is 15.3 Å². The fourth-order valence-electron chi connectivity index (χ4n) is 1.81. The Morgan fingerprint density at radius 1 is 1.25 bits per heavy atom. The number of amides is 1. The van der Waals surface area contributed by atoms with Gasteiger partial charge in [0.05, 0.1) is 36.0 Å². The summed E-state index contributed by atoms with van der Waals surface area (Å²) in [7, 11) is 0. The van der Waals surface area contributed by atoms with E-state index in [4.69, 9.17) is 0 Å². The van der Waals surface area contributed by atoms with Gasteiger partial charge in [0.15, 0.2) is 0 Å². The fraction of sp³-hybridized carbons (Fsp3) is 0.357. The molecule has 0 aliphatic carbocycles. The lowest BCUT2D eigenvalue weighted by atomic mass is 9.98. The van der Waals surface area contributed by atoms with Crippen LogP contribution in [-0.4, -0.2) is 44.8 Å². The summed E-state index contributed by atoms with van der Waals surface area (Å²) in [5.41, 5.74) is 0.443. The number of para-hydroxylation sites is 2. The van der Waals surface area contributed by atoms with E-state index in [1.54, 1.807) is 13.0 Å². The van der Waals surface area contributed by atoms with Crippen molar-refractivity contribution in [3.63, 3.8) is 0 Å². The molecule has 6 nitrogen and oxygen atoms in total. The van der Waals surface area contributed by atoms with Crippen molar-refractivity contribution in [3.05, 3.63) is 36.2 Å². The molecular formula is C14H17N3O3. The molecule has 1 amide bonds. The van der Waals surface area contributed by atoms with Crippen molar-refractivity contribution in [2.75, 3.05) is 13.2 Å². The monoisotopic (exact) mass is 275 g/mol. The lowest BCUT2D eigenvalue weighted by molar-refractivity contribution is 0.0649. The molecule has 1 aromatic heterocycles. The predicted octanol–water partition coefficient (Wildman–Crippen LogP) is 0.493. The summed E-state index contributed by atoms with van der Waals surface area (Å²) in [6.07, 6.45) is 1.79. The van der Waals surface area contributed by atoms with Gasteiger partial charge in [-0.3, -0.25) is 9.78 Å². The number of fused-ring (bicyclic) bond motifs is 1. The van der Waals surface area contributed by atoms with Gasteiger partial charge in [-0.2, -0.15) is 0 Å². The molecule has 0 bridgehead atoms. The minimum Gasteiger partial charge on any atom is -0.394 e. The number of aromatic nitrogens is 2. The van der Waals surface area contributed by atoms with E-state index in [0.717, 1.165) is 0 Å². The van der Waals surface area contributed by atoms with Gasteiger partial charge >= 0.3 is 0 Å². The molecule has 0 saturated carbocycles. The molecule has 0 saturated heterocycles. The quantitative estimate of drug-likeness (QED) is 0.738. The molecule has 0 aliphatic heterocycles. The van der Waals surface area contributed by atoms with Crippen LogP contribution >= 0.6 is 0 Å². The van der Waals surface area contributed by atoms with Crippen LogP contribution in [0.1, 0.15) is 23.8 Å². The molecule has 3 N–H and O–H groups in total. The number of carbonyl (C=O) groups is 1. The molecular weight excluding hydrogens is 258 g/mol. The van der Waals surface area contributed by atoms with Crippen LogP contribution in [0.2, 0.25) is 0 Å². The van der Waals surface area contributed by atoms with Crippen LogP contribution < -0.4 is 5.32 Å². The van der Waals surface area contributed by atoms with Crippen molar-refractivity contribution in [1.82, 2.24) is 15.3 Å². The van der Waals surface area contributed by atoms with Crippen LogP contribution in [0.5, 0.6) is 0 Å². The number of aliphatic hydroxyl groups excluding tert-OH is 2. The lowest BCUT2D eigenvalue weighted by Crippen LogP contribution is -2.54. The molecule has 6 heteroatoms. The van der Waals surface area contributed by atoms with Gasteiger partial charge in [0.1, 0.15) is 5.69 Å². The van der Waals surface area contributed by atoms with Crippen LogP contribution in [-0.2, 0) is 0 Å². The molecule has 1 aromatic carbocycles. The number of aliphatic hydroxyl groups is 2. The van der Waals surface area contributed by atoms with E-state index in [9.17, 15) is 15.0 Å². The Morgan fingerprint density at radius 2 is 1.90 bits per heavy atom. The average molecular weight is 275 g/mol. The molecule has 0 spiro atoms. The van der Waals surface area contributed by atoms with Crippen LogP contribution in [0.25, 0.3) is 11.0 Å². The molecule has 20 heavy (non-hydrogen) atoms. The number of nitrogens with zero attached hydrogens (tertiary/aromatic N) is 2. The van der Waals surface area contributed by atoms with Crippen molar-refractivity contribution < 1.29 is 15.0 Å². The number of benzene rings is 1. The van der Waals surface area contributed by atoms with Crippen molar-refractivity contribution >= 4 is 16.9 Å². The summed E-state index contributed by atoms with van der Waals surface area (Å²) >= 11 is 0. The van der Waals surface area contributed by atoms with E-state index in [1.165, 1.54) is 6.20 Å². The summed E-state index contributed by atoms with van der Waals surface area (Å²) in [5, 5.41) is 21.3. The summed E-state index contributed by atoms with van der Waals surface area (Å²) < 4.78 is 0. The van der Waals surface area contributed by atoms with Crippen molar-refractivity contribution in [1.29, 1.82) is 0 Å². The standard InChI is InChI=1S/C14H17N3O3/c1-2-14(8-18,9-19)17-13(20)12-7-15-10-5-3-4-6-11(10)16-12/h3-7,18-19H,2,8-9H2,1H3,(H,17,20). The maximum atomic E-state index is 12.1. The Balaban J connectivity index is 2.27. The Kier molecular flexibility index (Phi) is 4.26. The smallest absolute Gasteiger partial charge is 0.272 e. The summed E-state index contributed by atoms with van der Waals surface area (Å²) in [6.45, 7) is 1.10. The van der Waals surface area contributed by atoms with Gasteiger partial charge in [0.25, 0.3) is 5.91 Å². The van der Waals surface area contributed by atoms with E-state index in [0.29, 0.717) is 17.5 Å². The van der Waals surface area contributed by atoms with E-state index < -0.39 is 11.4 Å². The van der Waals surface area contributed by atoms with Gasteiger partial charge in [0, 0.05) is 0 Å². The Morgan fingerprint density at radius 3 is 2.50 bits per heavy atom. The number of carbonyl (C=O) groups excluding carboxylic acids is 1. The minimum atomic E-state index is -1.04. The molecule has 106 valence electrons. The lowest BCUT2D eigenvalue weighted by Gasteiger charge is -2.29. The third-order valence-electron chi connectivity index (χ3n) is 3.34. The van der Waals surface area contributed by atoms with Crippen LogP contribution in [0, 0.1) is 0 Å². The Labute approximate surface area is 116 Å². The highest BCUT2D eigenvalue weighted by atomic mass is 16.3. The second-order valence-electron chi connectivity index (χ2n) is 4.65. The molecule has 0 atom stereocenters. The molecule has 0 radical (unpaired) electrons. The van der Waals surface area contributed by atoms with Gasteiger partial charge in [0.2, 0.25) is 0 Å². The highest BCUT2D eigenvalue weighted by molar-refractivity contribution is 5.94. The minimum absolute atomic E-state index is 0.156. The maximum absolute atomic E-state index is 12.1. The van der Waals surface area contributed by atoms with Crippen LogP contribution in [0.15, 0.2) is 30.5 Å². The molecule has 0 fully saturated rings. The highest BCUT2D eigenvalue weighted by Crippen LogP contribution is 2.12. The maximum Gasteiger partial charge on any atom is 0.272 e. The zero-order valence-corrected chi connectivity index (χ0v) is 11.2. The average Bonchev–Trinajstić information content (AvgIpc) is 2.52. The molecule has 2 aromatic rings. The predicted molar refractivity (Wildman–Crippen MR) is 74.2 cm³/mol.